The zero-order valence-corrected chi connectivity index (χ0v) is 19.8. The summed E-state index contributed by atoms with van der Waals surface area (Å²) in [5.74, 6) is 1.09. The number of nitrogens with zero attached hydrogens (tertiary/aromatic N) is 2. The number of anilines is 2. The summed E-state index contributed by atoms with van der Waals surface area (Å²) in [4.78, 5) is 2.43. The lowest BCUT2D eigenvalue weighted by Gasteiger charge is -2.20. The molecule has 34 heavy (non-hydrogen) atoms. The molecule has 3 aromatic rings. The predicted octanol–water partition coefficient (Wildman–Crippen LogP) is 5.99. The van der Waals surface area contributed by atoms with Crippen LogP contribution in [0, 0.1) is 19.4 Å². The summed E-state index contributed by atoms with van der Waals surface area (Å²) in [7, 11) is 0. The largest absolute Gasteiger partial charge is 0.508 e. The first-order valence-corrected chi connectivity index (χ1v) is 11.8. The van der Waals surface area contributed by atoms with Gasteiger partial charge < -0.3 is 20.5 Å². The molecule has 0 aromatic heterocycles. The van der Waals surface area contributed by atoms with Crippen LogP contribution in [-0.4, -0.2) is 42.5 Å². The molecule has 7 heteroatoms. The van der Waals surface area contributed by atoms with Gasteiger partial charge in [-0.05, 0) is 111 Å². The summed E-state index contributed by atoms with van der Waals surface area (Å²) in [5.41, 5.74) is 13.5. The van der Waals surface area contributed by atoms with E-state index in [1.807, 2.05) is 56.3 Å². The highest BCUT2D eigenvalue weighted by Gasteiger charge is 2.13. The number of phenolic OH excluding ortho intramolecular Hbond substituents is 1. The van der Waals surface area contributed by atoms with Gasteiger partial charge in [-0.15, -0.1) is 5.11 Å². The molecule has 0 bridgehead atoms. The van der Waals surface area contributed by atoms with Gasteiger partial charge >= 0.3 is 0 Å². The molecule has 1 saturated heterocycles. The predicted molar refractivity (Wildman–Crippen MR) is 137 cm³/mol. The Kier molecular flexibility index (Phi) is 7.65. The van der Waals surface area contributed by atoms with Gasteiger partial charge in [0.1, 0.15) is 18.1 Å². The number of hydrogen-bond acceptors (Lipinski definition) is 7. The van der Waals surface area contributed by atoms with Gasteiger partial charge in [0.05, 0.1) is 0 Å². The average molecular weight is 460 g/mol. The minimum atomic E-state index is -0.605. The molecule has 178 valence electrons. The van der Waals surface area contributed by atoms with Crippen LogP contribution in [0.25, 0.3) is 11.1 Å². The molecule has 1 aliphatic heterocycles. The van der Waals surface area contributed by atoms with Gasteiger partial charge in [-0.1, -0.05) is 12.1 Å². The Labute approximate surface area is 201 Å². The topological polar surface area (TPSA) is 93.0 Å². The van der Waals surface area contributed by atoms with E-state index < -0.39 is 6.29 Å². The Balaban J connectivity index is 1.36. The fourth-order valence-electron chi connectivity index (χ4n) is 4.31. The molecule has 1 atom stereocenters. The van der Waals surface area contributed by atoms with Gasteiger partial charge in [0.2, 0.25) is 6.29 Å². The SMILES string of the molecule is Cc1cc(-c2cccc(O)c2)c(C)cc1NC(N=N)Nc1ccc(OCCN2CCCC2)cc1. The van der Waals surface area contributed by atoms with Crippen molar-refractivity contribution in [1.29, 1.82) is 5.53 Å². The van der Waals surface area contributed by atoms with Crippen molar-refractivity contribution in [3.63, 3.8) is 0 Å². The Hall–Kier alpha value is -3.58. The zero-order chi connectivity index (χ0) is 23.9. The first-order chi connectivity index (χ1) is 16.5. The highest BCUT2D eigenvalue weighted by atomic mass is 16.5. The minimum absolute atomic E-state index is 0.247. The molecule has 1 heterocycles. The van der Waals surface area contributed by atoms with Crippen molar-refractivity contribution in [2.45, 2.75) is 33.0 Å². The van der Waals surface area contributed by atoms with Crippen LogP contribution in [0.4, 0.5) is 11.4 Å². The second-order valence-electron chi connectivity index (χ2n) is 8.77. The molecule has 0 saturated carbocycles. The van der Waals surface area contributed by atoms with Gasteiger partial charge in [-0.2, -0.15) is 0 Å². The second-order valence-corrected chi connectivity index (χ2v) is 8.77. The Morgan fingerprint density at radius 3 is 2.47 bits per heavy atom. The summed E-state index contributed by atoms with van der Waals surface area (Å²) in [5, 5.41) is 20.1. The third-order valence-corrected chi connectivity index (χ3v) is 6.18. The molecule has 1 fully saturated rings. The number of phenols is 1. The molecule has 1 unspecified atom stereocenters. The first-order valence-electron chi connectivity index (χ1n) is 11.8. The summed E-state index contributed by atoms with van der Waals surface area (Å²) < 4.78 is 5.87. The maximum atomic E-state index is 9.82. The Bertz CT molecular complexity index is 1110. The van der Waals surface area contributed by atoms with E-state index in [1.54, 1.807) is 12.1 Å². The number of ether oxygens (including phenoxy) is 1. The smallest absolute Gasteiger partial charge is 0.213 e. The quantitative estimate of drug-likeness (QED) is 0.221. The van der Waals surface area contributed by atoms with Crippen molar-refractivity contribution in [3.8, 4) is 22.6 Å². The van der Waals surface area contributed by atoms with E-state index in [0.717, 1.165) is 45.9 Å². The molecule has 3 aromatic carbocycles. The number of aromatic hydroxyl groups is 1. The normalized spacial score (nSPS) is 14.5. The molecule has 0 amide bonds. The van der Waals surface area contributed by atoms with Crippen molar-refractivity contribution >= 4 is 11.4 Å². The van der Waals surface area contributed by atoms with E-state index in [4.69, 9.17) is 10.3 Å². The van der Waals surface area contributed by atoms with Crippen molar-refractivity contribution in [3.05, 3.63) is 71.8 Å². The van der Waals surface area contributed by atoms with Crippen molar-refractivity contribution in [2.24, 2.45) is 5.11 Å². The number of hydrogen-bond donors (Lipinski definition) is 4. The molecular weight excluding hydrogens is 426 g/mol. The number of benzene rings is 3. The monoisotopic (exact) mass is 459 g/mol. The van der Waals surface area contributed by atoms with Crippen LogP contribution >= 0.6 is 0 Å². The molecule has 0 radical (unpaired) electrons. The number of rotatable bonds is 10. The number of likely N-dealkylation sites (tertiary alicyclic amines) is 1. The van der Waals surface area contributed by atoms with Gasteiger partial charge in [0.15, 0.2) is 0 Å². The summed E-state index contributed by atoms with van der Waals surface area (Å²) in [6.45, 7) is 8.06. The first kappa shape index (κ1) is 23.6. The molecule has 7 nitrogen and oxygen atoms in total. The van der Waals surface area contributed by atoms with Crippen molar-refractivity contribution < 1.29 is 9.84 Å². The summed E-state index contributed by atoms with van der Waals surface area (Å²) in [6, 6.07) is 19.1. The van der Waals surface area contributed by atoms with E-state index in [-0.39, 0.29) is 5.75 Å². The van der Waals surface area contributed by atoms with Gasteiger partial charge in [-0.25, -0.2) is 5.53 Å². The maximum absolute atomic E-state index is 9.82. The lowest BCUT2D eigenvalue weighted by Crippen LogP contribution is -2.26. The van der Waals surface area contributed by atoms with E-state index in [9.17, 15) is 5.11 Å². The van der Waals surface area contributed by atoms with Crippen LogP contribution in [0.15, 0.2) is 65.8 Å². The molecule has 0 spiro atoms. The van der Waals surface area contributed by atoms with Crippen LogP contribution in [-0.2, 0) is 0 Å². The van der Waals surface area contributed by atoms with Crippen molar-refractivity contribution in [2.75, 3.05) is 36.9 Å². The minimum Gasteiger partial charge on any atom is -0.508 e. The van der Waals surface area contributed by atoms with Crippen LogP contribution in [0.5, 0.6) is 11.5 Å². The lowest BCUT2D eigenvalue weighted by molar-refractivity contribution is 0.238. The fraction of sp³-hybridized carbons (Fsp3) is 0.333. The van der Waals surface area contributed by atoms with E-state index in [1.165, 1.54) is 25.9 Å². The second kappa shape index (κ2) is 11.0. The highest BCUT2D eigenvalue weighted by Crippen LogP contribution is 2.31. The van der Waals surface area contributed by atoms with Gasteiger partial charge in [0, 0.05) is 17.9 Å². The van der Waals surface area contributed by atoms with E-state index >= 15 is 0 Å². The fourth-order valence-corrected chi connectivity index (χ4v) is 4.31. The number of aryl methyl sites for hydroxylation is 2. The third kappa shape index (κ3) is 6.05. The molecule has 4 N–H and O–H groups in total. The molecule has 4 rings (SSSR count). The van der Waals surface area contributed by atoms with E-state index in [2.05, 4.69) is 26.7 Å². The zero-order valence-electron chi connectivity index (χ0n) is 19.8. The standard InChI is InChI=1S/C27H33N5O2/c1-19-17-26(20(2)16-25(19)21-6-5-7-23(33)18-21)30-27(31-28)29-22-8-10-24(11-9-22)34-15-14-32-12-3-4-13-32/h5-11,16-18,27-30,33H,3-4,12-15H2,1-2H3. The van der Waals surface area contributed by atoms with Gasteiger partial charge in [0.25, 0.3) is 0 Å². The van der Waals surface area contributed by atoms with Crippen LogP contribution in [0.2, 0.25) is 0 Å². The van der Waals surface area contributed by atoms with Crippen molar-refractivity contribution in [1.82, 2.24) is 4.90 Å². The van der Waals surface area contributed by atoms with Crippen LogP contribution < -0.4 is 15.4 Å². The maximum Gasteiger partial charge on any atom is 0.213 e. The third-order valence-electron chi connectivity index (χ3n) is 6.18. The number of nitrogens with one attached hydrogen (secondary N) is 3. The van der Waals surface area contributed by atoms with Crippen LogP contribution in [0.3, 0.4) is 0 Å². The lowest BCUT2D eigenvalue weighted by atomic mass is 9.97. The van der Waals surface area contributed by atoms with Gasteiger partial charge in [-0.3, -0.25) is 4.90 Å². The highest BCUT2D eigenvalue weighted by molar-refractivity contribution is 5.73. The summed E-state index contributed by atoms with van der Waals surface area (Å²) in [6.07, 6.45) is 1.97. The molecule has 0 aliphatic carbocycles. The Morgan fingerprint density at radius 2 is 1.76 bits per heavy atom. The summed E-state index contributed by atoms with van der Waals surface area (Å²) >= 11 is 0. The Morgan fingerprint density at radius 1 is 1.00 bits per heavy atom. The molecule has 1 aliphatic rings. The van der Waals surface area contributed by atoms with Crippen LogP contribution in [0.1, 0.15) is 24.0 Å². The van der Waals surface area contributed by atoms with E-state index in [0.29, 0.717) is 6.61 Å². The molecular formula is C27H33N5O2. The average Bonchev–Trinajstić information content (AvgIpc) is 3.35.